The van der Waals surface area contributed by atoms with Gasteiger partial charge in [0.1, 0.15) is 0 Å². The molecule has 0 aromatic carbocycles. The van der Waals surface area contributed by atoms with Gasteiger partial charge in [-0.2, -0.15) is 0 Å². The smallest absolute Gasteiger partial charge is 0.308 e. The second-order valence-electron chi connectivity index (χ2n) is 4.99. The molecule has 2 aliphatic rings. The molecule has 4 nitrogen and oxygen atoms in total. The third kappa shape index (κ3) is 2.55. The number of hydrogen-bond donors (Lipinski definition) is 0. The van der Waals surface area contributed by atoms with E-state index in [0.717, 1.165) is 12.8 Å². The van der Waals surface area contributed by atoms with Crippen LogP contribution in [0.2, 0.25) is 0 Å². The minimum atomic E-state index is -0.508. The van der Waals surface area contributed by atoms with E-state index >= 15 is 0 Å². The van der Waals surface area contributed by atoms with Crippen molar-refractivity contribution in [1.82, 2.24) is 0 Å². The fourth-order valence-electron chi connectivity index (χ4n) is 2.54. The van der Waals surface area contributed by atoms with Gasteiger partial charge in [0.2, 0.25) is 0 Å². The molecule has 0 unspecified atom stereocenters. The van der Waals surface area contributed by atoms with Gasteiger partial charge < -0.3 is 14.2 Å². The van der Waals surface area contributed by atoms with Crippen molar-refractivity contribution in [1.29, 1.82) is 0 Å². The molecule has 0 N–H and O–H groups in total. The molecule has 2 rings (SSSR count). The Bertz CT molecular complexity index is 266. The van der Waals surface area contributed by atoms with Gasteiger partial charge in [-0.1, -0.05) is 12.8 Å². The molecule has 4 heteroatoms. The average molecular weight is 228 g/mol. The lowest BCUT2D eigenvalue weighted by molar-refractivity contribution is -0.237. The van der Waals surface area contributed by atoms with E-state index in [2.05, 4.69) is 4.74 Å². The van der Waals surface area contributed by atoms with E-state index in [0.29, 0.717) is 6.61 Å². The second kappa shape index (κ2) is 4.72. The van der Waals surface area contributed by atoms with E-state index in [1.165, 1.54) is 20.0 Å². The quantitative estimate of drug-likeness (QED) is 0.674. The van der Waals surface area contributed by atoms with Crippen molar-refractivity contribution in [2.45, 2.75) is 56.8 Å². The predicted octanol–water partition coefficient (Wildman–Crippen LogP) is 1.67. The van der Waals surface area contributed by atoms with Crippen molar-refractivity contribution >= 4 is 5.97 Å². The van der Waals surface area contributed by atoms with Gasteiger partial charge in [0.25, 0.3) is 0 Å². The Hall–Kier alpha value is -0.610. The first-order chi connectivity index (χ1) is 7.63. The minimum absolute atomic E-state index is 0.164. The first-order valence-corrected chi connectivity index (χ1v) is 5.99. The summed E-state index contributed by atoms with van der Waals surface area (Å²) in [5, 5.41) is 0. The molecular formula is C12H20O4. The standard InChI is InChI=1S/C12H20O4/c1-12(7-11(13)14-2)8-15-9-5-3-4-6-10(9)16-12/h9-10H,3-8H2,1-2H3/t9-,10-,12-/m1/s1. The molecule has 0 radical (unpaired) electrons. The first-order valence-electron chi connectivity index (χ1n) is 5.99. The Morgan fingerprint density at radius 1 is 1.38 bits per heavy atom. The van der Waals surface area contributed by atoms with E-state index in [9.17, 15) is 4.79 Å². The molecule has 2 fully saturated rings. The van der Waals surface area contributed by atoms with Crippen LogP contribution in [0.1, 0.15) is 39.0 Å². The van der Waals surface area contributed by atoms with Crippen LogP contribution in [0.4, 0.5) is 0 Å². The molecule has 0 aromatic heterocycles. The zero-order valence-corrected chi connectivity index (χ0v) is 10.0. The SMILES string of the molecule is COC(=O)C[C@]1(C)CO[C@@H]2CCCC[C@H]2O1. The molecule has 1 aliphatic heterocycles. The Morgan fingerprint density at radius 3 is 2.75 bits per heavy atom. The van der Waals surface area contributed by atoms with E-state index in [-0.39, 0.29) is 24.6 Å². The van der Waals surface area contributed by atoms with Gasteiger partial charge in [0, 0.05) is 0 Å². The zero-order valence-electron chi connectivity index (χ0n) is 10.0. The first kappa shape index (κ1) is 11.9. The monoisotopic (exact) mass is 228 g/mol. The van der Waals surface area contributed by atoms with Gasteiger partial charge in [-0.15, -0.1) is 0 Å². The second-order valence-corrected chi connectivity index (χ2v) is 4.99. The van der Waals surface area contributed by atoms with Gasteiger partial charge in [-0.3, -0.25) is 4.79 Å². The van der Waals surface area contributed by atoms with Crippen LogP contribution in [0, 0.1) is 0 Å². The lowest BCUT2D eigenvalue weighted by Gasteiger charge is -2.44. The molecule has 1 aliphatic carbocycles. The van der Waals surface area contributed by atoms with Gasteiger partial charge in [-0.25, -0.2) is 0 Å². The molecule has 0 aromatic rings. The van der Waals surface area contributed by atoms with E-state index in [1.54, 1.807) is 0 Å². The molecule has 0 amide bonds. The summed E-state index contributed by atoms with van der Waals surface area (Å²) >= 11 is 0. The largest absolute Gasteiger partial charge is 0.469 e. The van der Waals surface area contributed by atoms with Crippen LogP contribution in [0.5, 0.6) is 0 Å². The fraction of sp³-hybridized carbons (Fsp3) is 0.917. The molecule has 0 bridgehead atoms. The number of carbonyl (C=O) groups excluding carboxylic acids is 1. The van der Waals surface area contributed by atoms with E-state index < -0.39 is 5.60 Å². The summed E-state index contributed by atoms with van der Waals surface area (Å²) in [7, 11) is 1.40. The number of rotatable bonds is 2. The summed E-state index contributed by atoms with van der Waals surface area (Å²) in [4.78, 5) is 11.3. The summed E-state index contributed by atoms with van der Waals surface area (Å²) in [5.74, 6) is -0.236. The van der Waals surface area contributed by atoms with Crippen LogP contribution in [-0.2, 0) is 19.0 Å². The molecule has 1 heterocycles. The summed E-state index contributed by atoms with van der Waals surface area (Å²) in [6.07, 6.45) is 5.21. The molecule has 16 heavy (non-hydrogen) atoms. The molecule has 1 saturated carbocycles. The number of methoxy groups -OCH3 is 1. The summed E-state index contributed by atoms with van der Waals surface area (Å²) in [5.41, 5.74) is -0.508. The number of carbonyl (C=O) groups is 1. The van der Waals surface area contributed by atoms with Crippen LogP contribution in [0.25, 0.3) is 0 Å². The highest BCUT2D eigenvalue weighted by atomic mass is 16.6. The molecular weight excluding hydrogens is 208 g/mol. The normalized spacial score (nSPS) is 38.9. The lowest BCUT2D eigenvalue weighted by atomic mass is 9.91. The topological polar surface area (TPSA) is 44.8 Å². The van der Waals surface area contributed by atoms with E-state index in [4.69, 9.17) is 9.47 Å². The van der Waals surface area contributed by atoms with Gasteiger partial charge >= 0.3 is 5.97 Å². The van der Waals surface area contributed by atoms with Gasteiger partial charge in [0.05, 0.1) is 37.9 Å². The molecule has 1 saturated heterocycles. The van der Waals surface area contributed by atoms with Crippen molar-refractivity contribution in [3.63, 3.8) is 0 Å². The van der Waals surface area contributed by atoms with Crippen molar-refractivity contribution in [3.05, 3.63) is 0 Å². The van der Waals surface area contributed by atoms with E-state index in [1.807, 2.05) is 6.92 Å². The van der Waals surface area contributed by atoms with Crippen molar-refractivity contribution < 1.29 is 19.0 Å². The Labute approximate surface area is 96.2 Å². The maximum absolute atomic E-state index is 11.3. The van der Waals surface area contributed by atoms with Crippen molar-refractivity contribution in [2.75, 3.05) is 13.7 Å². The zero-order chi connectivity index (χ0) is 11.6. The number of hydrogen-bond acceptors (Lipinski definition) is 4. The summed E-state index contributed by atoms with van der Waals surface area (Å²) in [6, 6.07) is 0. The van der Waals surface area contributed by atoms with Crippen LogP contribution in [-0.4, -0.2) is 37.5 Å². The summed E-state index contributed by atoms with van der Waals surface area (Å²) < 4.78 is 16.5. The third-order valence-electron chi connectivity index (χ3n) is 3.43. The number of esters is 1. The maximum atomic E-state index is 11.3. The number of ether oxygens (including phenoxy) is 3. The Morgan fingerprint density at radius 2 is 2.06 bits per heavy atom. The predicted molar refractivity (Wildman–Crippen MR) is 58.1 cm³/mol. The molecule has 0 spiro atoms. The average Bonchev–Trinajstić information content (AvgIpc) is 2.28. The van der Waals surface area contributed by atoms with Crippen LogP contribution in [0.15, 0.2) is 0 Å². The summed E-state index contributed by atoms with van der Waals surface area (Å²) in [6.45, 7) is 2.41. The Balaban J connectivity index is 1.95. The molecule has 92 valence electrons. The van der Waals surface area contributed by atoms with Gasteiger partial charge in [-0.05, 0) is 19.8 Å². The lowest BCUT2D eigenvalue weighted by Crippen LogP contribution is -2.52. The van der Waals surface area contributed by atoms with Crippen LogP contribution in [0.3, 0.4) is 0 Å². The van der Waals surface area contributed by atoms with Crippen molar-refractivity contribution in [2.24, 2.45) is 0 Å². The third-order valence-corrected chi connectivity index (χ3v) is 3.43. The van der Waals surface area contributed by atoms with Crippen molar-refractivity contribution in [3.8, 4) is 0 Å². The molecule has 3 atom stereocenters. The van der Waals surface area contributed by atoms with Gasteiger partial charge in [0.15, 0.2) is 0 Å². The van der Waals surface area contributed by atoms with Crippen LogP contribution < -0.4 is 0 Å². The Kier molecular flexibility index (Phi) is 3.50. The fourth-order valence-corrected chi connectivity index (χ4v) is 2.54. The minimum Gasteiger partial charge on any atom is -0.469 e. The highest BCUT2D eigenvalue weighted by molar-refractivity contribution is 5.70. The highest BCUT2D eigenvalue weighted by Gasteiger charge is 2.41. The van der Waals surface area contributed by atoms with Crippen LogP contribution >= 0.6 is 0 Å². The highest BCUT2D eigenvalue weighted by Crippen LogP contribution is 2.34. The maximum Gasteiger partial charge on any atom is 0.308 e. The number of fused-ring (bicyclic) bond motifs is 1.